The summed E-state index contributed by atoms with van der Waals surface area (Å²) >= 11 is 2.40. The van der Waals surface area contributed by atoms with Crippen molar-refractivity contribution in [3.8, 4) is 94.0 Å². The molecule has 0 atom stereocenters. The summed E-state index contributed by atoms with van der Waals surface area (Å²) < 4.78 is 83.2. The Balaban J connectivity index is 0.000000267. The quantitative estimate of drug-likeness (QED) is 0.0416. The van der Waals surface area contributed by atoms with Crippen LogP contribution in [0.25, 0.3) is 0 Å². The molecule has 1 aromatic heterocycles. The minimum absolute atomic E-state index is 0. The van der Waals surface area contributed by atoms with Crippen molar-refractivity contribution in [2.75, 3.05) is 28.4 Å². The number of benzene rings is 4. The molecular formula is C70H52F6Fe2NO6PS2+4. The number of pyridine rings is 1. The molecule has 4 aromatic carbocycles. The topological polar surface area (TPSA) is 74.9 Å². The minimum Gasteiger partial charge on any atom is 2.00 e. The van der Waals surface area contributed by atoms with Gasteiger partial charge in [-0.3, -0.25) is 9.59 Å². The van der Waals surface area contributed by atoms with Gasteiger partial charge in [0.05, 0.1) is 79.9 Å². The van der Waals surface area contributed by atoms with Gasteiger partial charge in [-0.2, -0.15) is 4.57 Å². The van der Waals surface area contributed by atoms with Gasteiger partial charge in [0.1, 0.15) is 30.0 Å². The maximum atomic E-state index is 11.2. The van der Waals surface area contributed by atoms with Crippen LogP contribution in [0.4, 0.5) is 25.2 Å². The SMILES string of the molecule is COc1cc(C#Cc2ccc(SC(C)=O)cc2)c(OC)cc1C#C[C]1[CH][CH][CH][CH]1.COc1cc(C#Cc2ccc(SC(C)=O)cc2)c(OC)cc1C#C[C]1[CH][CH][CH][CH]1.C[n+]1cc(C#C[C]2[CH][CH][CH][CH]2)ccc1C#C[C]1[CH][CH][CH][CH]1.F[P-](F)(F)(F)(F)F.[Fe+2].[Fe+2]. The molecule has 4 aliphatic carbocycles. The normalized spacial score (nSPS) is 15.0. The number of halogens is 6. The number of carbonyl (C=O) groups excluding carboxylic acids is 2. The first-order chi connectivity index (χ1) is 40.9. The molecule has 4 saturated carbocycles. The van der Waals surface area contributed by atoms with Crippen molar-refractivity contribution in [3.05, 3.63) is 262 Å². The molecule has 0 amide bonds. The standard InChI is InChI=1S/2C25H19O3S.C20H14N.F6P.2Fe/c2*1-18(26)29-23-14-10-20(11-15-23)9-13-22-17-24(27-2)21(16-25(22)28-3)12-8-19-6-4-5-7-19;1-21-16-19(11-10-17-6-2-3-7-17)13-15-20(21)14-12-18-8-4-5-9-18;1-7(2,3,4,5)6;;/h2*4-7,10-11,14-17H,1-3H3;2-9,13,15-16H,1H3;;;/q;;+1;-1;2*+2. The second kappa shape index (κ2) is 35.2. The first-order valence-corrected chi connectivity index (χ1v) is 29.2. The van der Waals surface area contributed by atoms with Gasteiger partial charge in [0.25, 0.3) is 5.69 Å². The second-order valence-electron chi connectivity index (χ2n) is 17.8. The predicted molar refractivity (Wildman–Crippen MR) is 327 cm³/mol. The summed E-state index contributed by atoms with van der Waals surface area (Å²) in [6, 6.07) is 26.5. The number of aryl methyl sites for hydroxylation is 1. The number of methoxy groups -OCH3 is 4. The molecule has 0 spiro atoms. The van der Waals surface area contributed by atoms with Crippen LogP contribution in [-0.4, -0.2) is 38.7 Å². The molecule has 7 nitrogen and oxygen atoms in total. The van der Waals surface area contributed by atoms with Gasteiger partial charge in [-0.15, -0.1) is 0 Å². The molecule has 444 valence electrons. The second-order valence-corrected chi connectivity index (χ2v) is 22.2. The van der Waals surface area contributed by atoms with Gasteiger partial charge in [0, 0.05) is 71.0 Å². The van der Waals surface area contributed by atoms with Crippen molar-refractivity contribution >= 4 is 41.6 Å². The van der Waals surface area contributed by atoms with Crippen LogP contribution >= 0.6 is 31.3 Å². The molecule has 0 N–H and O–H groups in total. The Hall–Kier alpha value is -6.32. The van der Waals surface area contributed by atoms with Gasteiger partial charge in [-0.05, 0) is 157 Å². The van der Waals surface area contributed by atoms with E-state index >= 15 is 0 Å². The van der Waals surface area contributed by atoms with E-state index in [9.17, 15) is 34.8 Å². The van der Waals surface area contributed by atoms with Gasteiger partial charge >= 0.3 is 67.1 Å². The van der Waals surface area contributed by atoms with Crippen LogP contribution < -0.4 is 23.5 Å². The van der Waals surface area contributed by atoms with Crippen LogP contribution in [-0.2, 0) is 50.8 Å². The molecule has 88 heavy (non-hydrogen) atoms. The molecule has 5 aromatic rings. The molecule has 18 heteroatoms. The summed E-state index contributed by atoms with van der Waals surface area (Å²) in [4.78, 5) is 24.2. The zero-order valence-corrected chi connectivity index (χ0v) is 52.8. The van der Waals surface area contributed by atoms with Crippen molar-refractivity contribution in [1.82, 2.24) is 0 Å². The number of aromatic nitrogens is 1. The summed E-state index contributed by atoms with van der Waals surface area (Å²) in [5, 5.41) is 0.115. The predicted octanol–water partition coefficient (Wildman–Crippen LogP) is 14.4. The molecule has 9 rings (SSSR count). The number of thioether (sulfide) groups is 2. The third-order valence-electron chi connectivity index (χ3n) is 11.1. The van der Waals surface area contributed by atoms with E-state index in [1.807, 2.05) is 205 Å². The molecular weight excluding hydrogens is 1270 g/mol. The summed E-state index contributed by atoms with van der Waals surface area (Å²) in [7, 11) is -2.24. The van der Waals surface area contributed by atoms with Gasteiger partial charge in [0.2, 0.25) is 0 Å². The Morgan fingerprint density at radius 2 is 0.636 bits per heavy atom. The van der Waals surface area contributed by atoms with Crippen molar-refractivity contribution in [2.45, 2.75) is 23.6 Å². The molecule has 4 fully saturated rings. The maximum absolute atomic E-state index is 11.2. The molecule has 0 unspecified atom stereocenters. The summed E-state index contributed by atoms with van der Waals surface area (Å²) in [5.41, 5.74) is 6.55. The number of ether oxygens (including phenoxy) is 4. The van der Waals surface area contributed by atoms with Crippen LogP contribution in [0.2, 0.25) is 0 Å². The Labute approximate surface area is 545 Å². The van der Waals surface area contributed by atoms with Gasteiger partial charge in [-0.1, -0.05) is 88.6 Å². The number of nitrogens with zero attached hydrogens (tertiary/aromatic N) is 1. The molecule has 20 radical (unpaired) electrons. The Morgan fingerprint density at radius 1 is 0.386 bits per heavy atom. The molecule has 0 bridgehead atoms. The Bertz CT molecular complexity index is 3410. The number of carbonyl (C=O) groups is 2. The van der Waals surface area contributed by atoms with E-state index in [2.05, 4.69) is 71.0 Å². The third-order valence-corrected chi connectivity index (χ3v) is 12.7. The van der Waals surface area contributed by atoms with Crippen molar-refractivity contribution < 1.29 is 92.4 Å². The van der Waals surface area contributed by atoms with Crippen molar-refractivity contribution in [2.24, 2.45) is 7.05 Å². The molecule has 0 saturated heterocycles. The number of hydrogen-bond donors (Lipinski definition) is 0. The average molecular weight is 1320 g/mol. The van der Waals surface area contributed by atoms with E-state index in [1.165, 1.54) is 23.5 Å². The average Bonchev–Trinajstić information content (AvgIpc) is 1.43. The largest absolute Gasteiger partial charge is 2.00 e. The number of hydrogen-bond acceptors (Lipinski definition) is 8. The first-order valence-electron chi connectivity index (χ1n) is 25.6. The smallest absolute Gasteiger partial charge is 2.00 e. The Kier molecular flexibility index (Phi) is 29.6. The van der Waals surface area contributed by atoms with E-state index in [1.54, 1.807) is 42.3 Å². The summed E-state index contributed by atoms with van der Waals surface area (Å²) in [5.74, 6) is 44.2. The zero-order chi connectivity index (χ0) is 62.2. The van der Waals surface area contributed by atoms with Crippen LogP contribution in [0, 0.1) is 197 Å². The van der Waals surface area contributed by atoms with Crippen LogP contribution in [0.15, 0.2) is 101 Å². The van der Waals surface area contributed by atoms with E-state index in [0.29, 0.717) is 34.1 Å². The van der Waals surface area contributed by atoms with Crippen LogP contribution in [0.1, 0.15) is 58.5 Å². The van der Waals surface area contributed by atoms with Gasteiger partial charge < -0.3 is 18.9 Å². The van der Waals surface area contributed by atoms with E-state index in [0.717, 1.165) is 67.0 Å². The zero-order valence-electron chi connectivity index (χ0n) is 48.0. The fourth-order valence-corrected chi connectivity index (χ4v) is 8.42. The van der Waals surface area contributed by atoms with Gasteiger partial charge in [0.15, 0.2) is 16.4 Å². The third kappa shape index (κ3) is 28.0. The van der Waals surface area contributed by atoms with E-state index in [4.69, 9.17) is 18.9 Å². The fourth-order valence-electron chi connectivity index (χ4n) is 7.21. The molecule has 0 aliphatic heterocycles. The van der Waals surface area contributed by atoms with Crippen LogP contribution in [0.3, 0.4) is 0 Å². The molecule has 4 aliphatic rings. The van der Waals surface area contributed by atoms with E-state index in [-0.39, 0.29) is 44.4 Å². The monoisotopic (exact) mass is 1320 g/mol. The van der Waals surface area contributed by atoms with Crippen molar-refractivity contribution in [1.29, 1.82) is 0 Å². The summed E-state index contributed by atoms with van der Waals surface area (Å²) in [6.45, 7) is 3.10. The first kappa shape index (κ1) is 74.1. The molecule has 1 heterocycles. The maximum Gasteiger partial charge on any atom is 2.00 e. The van der Waals surface area contributed by atoms with Gasteiger partial charge in [-0.25, -0.2) is 0 Å². The Morgan fingerprint density at radius 3 is 0.909 bits per heavy atom. The van der Waals surface area contributed by atoms with Crippen molar-refractivity contribution in [3.63, 3.8) is 0 Å². The fraction of sp³-hybridized carbons (Fsp3) is 0.100. The van der Waals surface area contributed by atoms with Crippen LogP contribution in [0.5, 0.6) is 23.0 Å². The summed E-state index contributed by atoms with van der Waals surface area (Å²) in [6.07, 6.45) is 33.6. The minimum atomic E-state index is -10.7. The van der Waals surface area contributed by atoms with E-state index < -0.39 is 7.81 Å². The number of rotatable bonds is 6.